The van der Waals surface area contributed by atoms with Crippen LogP contribution in [-0.2, 0) is 15.0 Å². The number of hydrogen-bond acceptors (Lipinski definition) is 4. The summed E-state index contributed by atoms with van der Waals surface area (Å²) in [5.74, 6) is -2.58. The van der Waals surface area contributed by atoms with Gasteiger partial charge < -0.3 is 20.3 Å². The van der Waals surface area contributed by atoms with Gasteiger partial charge in [0.05, 0.1) is 6.61 Å². The standard InChI is InChI=1S/C18H31NO.C2H2O4/c1-14-10-8-11-15(17(2,3)4)16(14)20-13-9-12-19-18(5,6)7;3-1(4)2(5)6/h8,10-11,19H,9,12-13H2,1-7H3;(H,3,4)(H,5,6). The summed E-state index contributed by atoms with van der Waals surface area (Å²) in [5.41, 5.74) is 2.81. The van der Waals surface area contributed by atoms with E-state index in [0.717, 1.165) is 25.3 Å². The largest absolute Gasteiger partial charge is 0.493 e. The van der Waals surface area contributed by atoms with Gasteiger partial charge in [0.15, 0.2) is 0 Å². The van der Waals surface area contributed by atoms with Crippen molar-refractivity contribution in [3.63, 3.8) is 0 Å². The van der Waals surface area contributed by atoms with E-state index in [1.807, 2.05) is 0 Å². The van der Waals surface area contributed by atoms with E-state index >= 15 is 0 Å². The lowest BCUT2D eigenvalue weighted by atomic mass is 9.85. The molecule has 0 heterocycles. The van der Waals surface area contributed by atoms with Gasteiger partial charge in [-0.15, -0.1) is 0 Å². The van der Waals surface area contributed by atoms with Gasteiger partial charge in [-0.2, -0.15) is 0 Å². The molecule has 0 unspecified atom stereocenters. The Morgan fingerprint density at radius 1 is 1.04 bits per heavy atom. The first-order valence-electron chi connectivity index (χ1n) is 8.70. The second-order valence-corrected chi connectivity index (χ2v) is 8.19. The van der Waals surface area contributed by atoms with Crippen molar-refractivity contribution in [3.05, 3.63) is 29.3 Å². The number of para-hydroxylation sites is 1. The minimum atomic E-state index is -1.82. The Hall–Kier alpha value is -2.08. The van der Waals surface area contributed by atoms with Crippen molar-refractivity contribution in [2.75, 3.05) is 13.2 Å². The molecule has 0 radical (unpaired) electrons. The quantitative estimate of drug-likeness (QED) is 0.543. The summed E-state index contributed by atoms with van der Waals surface area (Å²) in [6.45, 7) is 17.1. The molecule has 0 saturated carbocycles. The highest BCUT2D eigenvalue weighted by Crippen LogP contribution is 2.33. The molecule has 0 aliphatic rings. The fraction of sp³-hybridized carbons (Fsp3) is 0.600. The summed E-state index contributed by atoms with van der Waals surface area (Å²) in [5, 5.41) is 18.3. The maximum absolute atomic E-state index is 9.10. The van der Waals surface area contributed by atoms with Crippen molar-refractivity contribution in [2.24, 2.45) is 0 Å². The summed E-state index contributed by atoms with van der Waals surface area (Å²) >= 11 is 0. The molecule has 26 heavy (non-hydrogen) atoms. The lowest BCUT2D eigenvalue weighted by Gasteiger charge is -2.24. The minimum absolute atomic E-state index is 0.116. The molecule has 6 nitrogen and oxygen atoms in total. The molecular formula is C20H33NO5. The Balaban J connectivity index is 0.000000896. The number of aryl methyl sites for hydroxylation is 1. The van der Waals surface area contributed by atoms with E-state index in [-0.39, 0.29) is 11.0 Å². The van der Waals surface area contributed by atoms with E-state index in [0.29, 0.717) is 0 Å². The topological polar surface area (TPSA) is 95.9 Å². The van der Waals surface area contributed by atoms with Crippen LogP contribution in [0, 0.1) is 6.92 Å². The average molecular weight is 367 g/mol. The summed E-state index contributed by atoms with van der Waals surface area (Å²) < 4.78 is 6.07. The van der Waals surface area contributed by atoms with Gasteiger partial charge in [0, 0.05) is 5.54 Å². The summed E-state index contributed by atoms with van der Waals surface area (Å²) in [6, 6.07) is 6.41. The lowest BCUT2D eigenvalue weighted by molar-refractivity contribution is -0.159. The molecule has 3 N–H and O–H groups in total. The van der Waals surface area contributed by atoms with Gasteiger partial charge in [-0.05, 0) is 57.2 Å². The Morgan fingerprint density at radius 3 is 2.00 bits per heavy atom. The molecule has 0 amide bonds. The Morgan fingerprint density at radius 2 is 1.58 bits per heavy atom. The van der Waals surface area contributed by atoms with Crippen LogP contribution in [0.15, 0.2) is 18.2 Å². The van der Waals surface area contributed by atoms with Crippen molar-refractivity contribution < 1.29 is 24.5 Å². The highest BCUT2D eigenvalue weighted by Gasteiger charge is 2.20. The molecule has 0 aromatic heterocycles. The van der Waals surface area contributed by atoms with Crippen LogP contribution in [0.4, 0.5) is 0 Å². The molecular weight excluding hydrogens is 334 g/mol. The summed E-state index contributed by atoms with van der Waals surface area (Å²) in [6.07, 6.45) is 1.02. The SMILES string of the molecule is Cc1cccc(C(C)(C)C)c1OCCCNC(C)(C)C.O=C(O)C(=O)O. The van der Waals surface area contributed by atoms with Crippen molar-refractivity contribution in [2.45, 2.75) is 65.8 Å². The van der Waals surface area contributed by atoms with Gasteiger partial charge in [-0.25, -0.2) is 9.59 Å². The van der Waals surface area contributed by atoms with Crippen LogP contribution in [-0.4, -0.2) is 40.8 Å². The monoisotopic (exact) mass is 367 g/mol. The van der Waals surface area contributed by atoms with E-state index in [1.165, 1.54) is 11.1 Å². The molecule has 1 aromatic carbocycles. The van der Waals surface area contributed by atoms with Crippen molar-refractivity contribution in [1.82, 2.24) is 5.32 Å². The fourth-order valence-electron chi connectivity index (χ4n) is 2.14. The van der Waals surface area contributed by atoms with Crippen LogP contribution in [0.3, 0.4) is 0 Å². The van der Waals surface area contributed by atoms with Crippen molar-refractivity contribution in [1.29, 1.82) is 0 Å². The van der Waals surface area contributed by atoms with Gasteiger partial charge in [-0.1, -0.05) is 39.0 Å². The first-order chi connectivity index (χ1) is 11.8. The molecule has 0 aliphatic carbocycles. The Kier molecular flexibility index (Phi) is 9.35. The number of benzene rings is 1. The molecule has 0 saturated heterocycles. The van der Waals surface area contributed by atoms with Crippen LogP contribution in [0.1, 0.15) is 59.1 Å². The van der Waals surface area contributed by atoms with Crippen molar-refractivity contribution in [3.8, 4) is 5.75 Å². The third-order valence-corrected chi connectivity index (χ3v) is 3.43. The zero-order valence-corrected chi connectivity index (χ0v) is 17.0. The summed E-state index contributed by atoms with van der Waals surface area (Å²) in [7, 11) is 0. The molecule has 1 aromatic rings. The average Bonchev–Trinajstić information content (AvgIpc) is 2.46. The predicted molar refractivity (Wildman–Crippen MR) is 103 cm³/mol. The van der Waals surface area contributed by atoms with Crippen molar-refractivity contribution >= 4 is 11.9 Å². The second-order valence-electron chi connectivity index (χ2n) is 8.19. The van der Waals surface area contributed by atoms with E-state index in [4.69, 9.17) is 24.5 Å². The molecule has 6 heteroatoms. The number of rotatable bonds is 5. The van der Waals surface area contributed by atoms with E-state index in [9.17, 15) is 0 Å². The number of carboxylic acid groups (broad SMARTS) is 2. The first-order valence-corrected chi connectivity index (χ1v) is 8.70. The van der Waals surface area contributed by atoms with Crippen LogP contribution in [0.2, 0.25) is 0 Å². The molecule has 0 bridgehead atoms. The third kappa shape index (κ3) is 10.0. The molecule has 0 fully saturated rings. The highest BCUT2D eigenvalue weighted by atomic mass is 16.5. The maximum atomic E-state index is 9.10. The zero-order valence-electron chi connectivity index (χ0n) is 17.0. The fourth-order valence-corrected chi connectivity index (χ4v) is 2.14. The van der Waals surface area contributed by atoms with Gasteiger partial charge in [0.25, 0.3) is 0 Å². The number of nitrogens with one attached hydrogen (secondary N) is 1. The maximum Gasteiger partial charge on any atom is 0.414 e. The van der Waals surface area contributed by atoms with Crippen LogP contribution in [0.5, 0.6) is 5.75 Å². The lowest BCUT2D eigenvalue weighted by Crippen LogP contribution is -2.36. The first kappa shape index (κ1) is 23.9. The molecule has 148 valence electrons. The van der Waals surface area contributed by atoms with E-state index in [2.05, 4.69) is 72.0 Å². The van der Waals surface area contributed by atoms with Gasteiger partial charge in [0.2, 0.25) is 0 Å². The van der Waals surface area contributed by atoms with Gasteiger partial charge in [0.1, 0.15) is 5.75 Å². The van der Waals surface area contributed by atoms with E-state index < -0.39 is 11.9 Å². The highest BCUT2D eigenvalue weighted by molar-refractivity contribution is 6.27. The number of hydrogen-bond donors (Lipinski definition) is 3. The molecule has 1 rings (SSSR count). The number of ether oxygens (including phenoxy) is 1. The molecule has 0 spiro atoms. The van der Waals surface area contributed by atoms with Gasteiger partial charge >= 0.3 is 11.9 Å². The molecule has 0 aliphatic heterocycles. The molecule has 0 atom stereocenters. The minimum Gasteiger partial charge on any atom is -0.493 e. The number of carbonyl (C=O) groups is 2. The van der Waals surface area contributed by atoms with E-state index in [1.54, 1.807) is 0 Å². The zero-order chi connectivity index (χ0) is 20.5. The number of aliphatic carboxylic acids is 2. The van der Waals surface area contributed by atoms with Gasteiger partial charge in [-0.3, -0.25) is 0 Å². The second kappa shape index (κ2) is 10.2. The Bertz CT molecular complexity index is 585. The smallest absolute Gasteiger partial charge is 0.414 e. The Labute approximate surface area is 156 Å². The number of carboxylic acids is 2. The third-order valence-electron chi connectivity index (χ3n) is 3.43. The van der Waals surface area contributed by atoms with Crippen LogP contribution < -0.4 is 10.1 Å². The van der Waals surface area contributed by atoms with Crippen LogP contribution in [0.25, 0.3) is 0 Å². The van der Waals surface area contributed by atoms with Crippen LogP contribution >= 0.6 is 0 Å². The normalized spacial score (nSPS) is 11.3. The summed E-state index contributed by atoms with van der Waals surface area (Å²) in [4.78, 5) is 18.2. The predicted octanol–water partition coefficient (Wildman–Crippen LogP) is 3.61.